The van der Waals surface area contributed by atoms with E-state index in [9.17, 15) is 4.21 Å². The lowest BCUT2D eigenvalue weighted by molar-refractivity contribution is 0.411. The second-order valence-corrected chi connectivity index (χ2v) is 5.64. The van der Waals surface area contributed by atoms with E-state index in [1.165, 1.54) is 6.20 Å². The molecule has 5 heteroatoms. The van der Waals surface area contributed by atoms with E-state index in [1.807, 2.05) is 25.1 Å². The molecule has 1 heterocycles. The average molecular weight is 276 g/mol. The fourth-order valence-electron chi connectivity index (χ4n) is 1.84. The van der Waals surface area contributed by atoms with E-state index in [2.05, 4.69) is 4.98 Å². The number of ether oxygens (including phenoxy) is 1. The third-order valence-corrected chi connectivity index (χ3v) is 4.21. The number of nitrogen functional groups attached to an aromatic ring is 1. The second kappa shape index (κ2) is 5.84. The van der Waals surface area contributed by atoms with Gasteiger partial charge in [0.15, 0.2) is 0 Å². The van der Waals surface area contributed by atoms with Crippen LogP contribution in [0.15, 0.2) is 41.6 Å². The van der Waals surface area contributed by atoms with Crippen molar-refractivity contribution in [3.8, 4) is 5.75 Å². The number of aromatic nitrogens is 1. The van der Waals surface area contributed by atoms with Gasteiger partial charge in [0.25, 0.3) is 0 Å². The Labute approximate surface area is 115 Å². The van der Waals surface area contributed by atoms with Gasteiger partial charge in [0.1, 0.15) is 5.75 Å². The predicted molar refractivity (Wildman–Crippen MR) is 76.5 cm³/mol. The van der Waals surface area contributed by atoms with Gasteiger partial charge in [0.05, 0.1) is 40.4 Å². The van der Waals surface area contributed by atoms with Crippen LogP contribution < -0.4 is 10.5 Å². The summed E-state index contributed by atoms with van der Waals surface area (Å²) in [7, 11) is 0.398. The van der Waals surface area contributed by atoms with Crippen LogP contribution in [0, 0.1) is 6.92 Å². The summed E-state index contributed by atoms with van der Waals surface area (Å²) in [5.74, 6) is 1.12. The SMILES string of the molecule is COc1ccc(C)cc1CS(=O)c1ccncc1N. The third kappa shape index (κ3) is 3.12. The third-order valence-electron chi connectivity index (χ3n) is 2.78. The van der Waals surface area contributed by atoms with Gasteiger partial charge in [0.2, 0.25) is 0 Å². The van der Waals surface area contributed by atoms with Crippen LogP contribution in [-0.4, -0.2) is 16.3 Å². The minimum Gasteiger partial charge on any atom is -0.496 e. The van der Waals surface area contributed by atoms with Gasteiger partial charge >= 0.3 is 0 Å². The second-order valence-electron chi connectivity index (χ2n) is 4.22. The Morgan fingerprint density at radius 1 is 1.37 bits per heavy atom. The number of nitrogens with zero attached hydrogens (tertiary/aromatic N) is 1. The monoisotopic (exact) mass is 276 g/mol. The first kappa shape index (κ1) is 13.5. The van der Waals surface area contributed by atoms with Gasteiger partial charge in [0, 0.05) is 11.8 Å². The Morgan fingerprint density at radius 2 is 2.16 bits per heavy atom. The van der Waals surface area contributed by atoms with Gasteiger partial charge in [-0.2, -0.15) is 0 Å². The van der Waals surface area contributed by atoms with Crippen LogP contribution in [0.3, 0.4) is 0 Å². The lowest BCUT2D eigenvalue weighted by Crippen LogP contribution is -2.03. The molecule has 0 radical (unpaired) electrons. The Bertz CT molecular complexity index is 614. The normalized spacial score (nSPS) is 12.1. The molecule has 0 aliphatic carbocycles. The summed E-state index contributed by atoms with van der Waals surface area (Å²) in [6, 6.07) is 7.52. The van der Waals surface area contributed by atoms with E-state index in [0.717, 1.165) is 16.9 Å². The van der Waals surface area contributed by atoms with Crippen LogP contribution in [0.25, 0.3) is 0 Å². The zero-order valence-electron chi connectivity index (χ0n) is 10.9. The van der Waals surface area contributed by atoms with E-state index < -0.39 is 10.8 Å². The van der Waals surface area contributed by atoms with Crippen LogP contribution in [0.5, 0.6) is 5.75 Å². The molecule has 2 N–H and O–H groups in total. The van der Waals surface area contributed by atoms with Gasteiger partial charge in [-0.1, -0.05) is 17.7 Å². The highest BCUT2D eigenvalue weighted by atomic mass is 32.2. The zero-order valence-corrected chi connectivity index (χ0v) is 11.7. The van der Waals surface area contributed by atoms with Crippen LogP contribution >= 0.6 is 0 Å². The molecule has 2 rings (SSSR count). The molecule has 1 unspecified atom stereocenters. The lowest BCUT2D eigenvalue weighted by atomic mass is 10.1. The zero-order chi connectivity index (χ0) is 13.8. The number of anilines is 1. The van der Waals surface area contributed by atoms with Crippen molar-refractivity contribution in [2.45, 2.75) is 17.6 Å². The minimum absolute atomic E-state index is 0.374. The molecule has 0 aliphatic heterocycles. The van der Waals surface area contributed by atoms with Gasteiger partial charge < -0.3 is 10.5 Å². The molecule has 0 amide bonds. The first-order valence-electron chi connectivity index (χ1n) is 5.83. The molecule has 4 nitrogen and oxygen atoms in total. The summed E-state index contributed by atoms with van der Waals surface area (Å²) in [4.78, 5) is 4.51. The lowest BCUT2D eigenvalue weighted by Gasteiger charge is -2.10. The Morgan fingerprint density at radius 3 is 2.84 bits per heavy atom. The van der Waals surface area contributed by atoms with Crippen molar-refractivity contribution in [3.05, 3.63) is 47.8 Å². The molecule has 1 aromatic heterocycles. The largest absolute Gasteiger partial charge is 0.496 e. The highest BCUT2D eigenvalue weighted by Crippen LogP contribution is 2.24. The van der Waals surface area contributed by atoms with E-state index >= 15 is 0 Å². The highest BCUT2D eigenvalue weighted by Gasteiger charge is 2.12. The van der Waals surface area contributed by atoms with Crippen molar-refractivity contribution >= 4 is 16.5 Å². The van der Waals surface area contributed by atoms with Gasteiger partial charge in [-0.3, -0.25) is 9.19 Å². The number of pyridine rings is 1. The summed E-state index contributed by atoms with van der Waals surface area (Å²) < 4.78 is 17.7. The van der Waals surface area contributed by atoms with Crippen LogP contribution in [0.2, 0.25) is 0 Å². The molecule has 0 saturated heterocycles. The van der Waals surface area contributed by atoms with Crippen LogP contribution in [0.1, 0.15) is 11.1 Å². The summed E-state index contributed by atoms with van der Waals surface area (Å²) in [5, 5.41) is 0. The van der Waals surface area contributed by atoms with Crippen LogP contribution in [-0.2, 0) is 16.6 Å². The first-order valence-corrected chi connectivity index (χ1v) is 7.15. The molecule has 0 fully saturated rings. The molecule has 100 valence electrons. The smallest absolute Gasteiger partial charge is 0.123 e. The number of benzene rings is 1. The Kier molecular flexibility index (Phi) is 4.16. The molecular formula is C14H16N2O2S. The average Bonchev–Trinajstić information content (AvgIpc) is 2.39. The number of hydrogen-bond donors (Lipinski definition) is 1. The van der Waals surface area contributed by atoms with Crippen molar-refractivity contribution in [3.63, 3.8) is 0 Å². The molecule has 19 heavy (non-hydrogen) atoms. The Hall–Kier alpha value is -1.88. The molecule has 0 aliphatic rings. The first-order chi connectivity index (χ1) is 9.11. The van der Waals surface area contributed by atoms with Crippen molar-refractivity contribution in [1.29, 1.82) is 0 Å². The fourth-order valence-corrected chi connectivity index (χ4v) is 3.03. The minimum atomic E-state index is -1.21. The maximum atomic E-state index is 12.4. The number of nitrogens with two attached hydrogens (primary N) is 1. The number of rotatable bonds is 4. The van der Waals surface area contributed by atoms with E-state index in [-0.39, 0.29) is 0 Å². The van der Waals surface area contributed by atoms with Gasteiger partial charge in [-0.05, 0) is 19.1 Å². The Balaban J connectivity index is 2.29. The van der Waals surface area contributed by atoms with Crippen molar-refractivity contribution in [1.82, 2.24) is 4.98 Å². The fraction of sp³-hybridized carbons (Fsp3) is 0.214. The molecule has 1 atom stereocenters. The summed E-state index contributed by atoms with van der Waals surface area (Å²) in [5.41, 5.74) is 8.26. The van der Waals surface area contributed by atoms with Crippen molar-refractivity contribution in [2.24, 2.45) is 0 Å². The molecular weight excluding hydrogens is 260 g/mol. The highest BCUT2D eigenvalue weighted by molar-refractivity contribution is 7.84. The van der Waals surface area contributed by atoms with E-state index in [0.29, 0.717) is 16.3 Å². The predicted octanol–water partition coefficient (Wildman–Crippen LogP) is 2.29. The maximum Gasteiger partial charge on any atom is 0.123 e. The molecule has 0 bridgehead atoms. The molecule has 0 saturated carbocycles. The maximum absolute atomic E-state index is 12.4. The summed E-state index contributed by atoms with van der Waals surface area (Å²) >= 11 is 0. The van der Waals surface area contributed by atoms with E-state index in [4.69, 9.17) is 10.5 Å². The molecule has 2 aromatic rings. The number of hydrogen-bond acceptors (Lipinski definition) is 4. The topological polar surface area (TPSA) is 65.2 Å². The summed E-state index contributed by atoms with van der Waals surface area (Å²) in [6.07, 6.45) is 3.11. The molecule has 0 spiro atoms. The van der Waals surface area contributed by atoms with E-state index in [1.54, 1.807) is 19.4 Å². The standard InChI is InChI=1S/C14H16N2O2S/c1-10-3-4-13(18-2)11(7-10)9-19(17)14-5-6-16-8-12(14)15/h3-8H,9,15H2,1-2H3. The van der Waals surface area contributed by atoms with Crippen LogP contribution in [0.4, 0.5) is 5.69 Å². The quantitative estimate of drug-likeness (QED) is 0.930. The molecule has 1 aromatic carbocycles. The van der Waals surface area contributed by atoms with Gasteiger partial charge in [-0.15, -0.1) is 0 Å². The number of methoxy groups -OCH3 is 1. The number of aryl methyl sites for hydroxylation is 1. The van der Waals surface area contributed by atoms with Gasteiger partial charge in [-0.25, -0.2) is 0 Å². The summed E-state index contributed by atoms with van der Waals surface area (Å²) in [6.45, 7) is 1.99. The van der Waals surface area contributed by atoms with Crippen molar-refractivity contribution in [2.75, 3.05) is 12.8 Å². The van der Waals surface area contributed by atoms with Crippen molar-refractivity contribution < 1.29 is 8.95 Å².